The number of nitrogens with one attached hydrogen (secondary N) is 2. The summed E-state index contributed by atoms with van der Waals surface area (Å²) in [6.07, 6.45) is 1.31. The molecule has 1 amide bonds. The van der Waals surface area contributed by atoms with Gasteiger partial charge < -0.3 is 10.4 Å². The summed E-state index contributed by atoms with van der Waals surface area (Å²) in [6, 6.07) is 6.32. The Morgan fingerprint density at radius 2 is 2.19 bits per heavy atom. The Kier molecular flexibility index (Phi) is 5.26. The van der Waals surface area contributed by atoms with Crippen molar-refractivity contribution in [1.29, 1.82) is 0 Å². The maximum atomic E-state index is 14.2. The van der Waals surface area contributed by atoms with Gasteiger partial charge in [-0.25, -0.2) is 13.9 Å². The number of aliphatic carboxylic acids is 1. The van der Waals surface area contributed by atoms with E-state index in [0.717, 1.165) is 0 Å². The van der Waals surface area contributed by atoms with Crippen LogP contribution < -0.4 is 10.7 Å². The van der Waals surface area contributed by atoms with Gasteiger partial charge in [-0.05, 0) is 18.1 Å². The van der Waals surface area contributed by atoms with Crippen molar-refractivity contribution in [2.45, 2.75) is 17.7 Å². The topological polar surface area (TPSA) is 117 Å². The first kappa shape index (κ1) is 18.6. The van der Waals surface area contributed by atoms with Gasteiger partial charge in [-0.15, -0.1) is 11.8 Å². The van der Waals surface area contributed by atoms with Gasteiger partial charge in [0.05, 0.1) is 0 Å². The first-order chi connectivity index (χ1) is 12.9. The van der Waals surface area contributed by atoms with Crippen LogP contribution in [-0.4, -0.2) is 38.1 Å². The van der Waals surface area contributed by atoms with Crippen molar-refractivity contribution in [3.63, 3.8) is 0 Å². The lowest BCUT2D eigenvalue weighted by Crippen LogP contribution is -2.33. The van der Waals surface area contributed by atoms with Gasteiger partial charge in [0.15, 0.2) is 11.1 Å². The van der Waals surface area contributed by atoms with Crippen LogP contribution in [0.2, 0.25) is 0 Å². The fourth-order valence-corrected chi connectivity index (χ4v) is 3.49. The van der Waals surface area contributed by atoms with Crippen LogP contribution in [0, 0.1) is 12.7 Å². The fourth-order valence-electron chi connectivity index (χ4n) is 2.51. The first-order valence-electron chi connectivity index (χ1n) is 7.84. The number of thioether (sulfide) groups is 1. The number of aromatic amines is 1. The van der Waals surface area contributed by atoms with Crippen LogP contribution in [0.1, 0.15) is 21.5 Å². The van der Waals surface area contributed by atoms with E-state index in [1.807, 2.05) is 0 Å². The SMILES string of the molecule is Cc1cccc(CSc2cc(=O)c(C(=O)NCC(=O)O)c3nc[nH]n23)c1F. The van der Waals surface area contributed by atoms with Crippen molar-refractivity contribution in [2.24, 2.45) is 0 Å². The van der Waals surface area contributed by atoms with Crippen molar-refractivity contribution in [2.75, 3.05) is 6.54 Å². The molecule has 27 heavy (non-hydrogen) atoms. The van der Waals surface area contributed by atoms with Crippen molar-refractivity contribution in [1.82, 2.24) is 19.9 Å². The van der Waals surface area contributed by atoms with Crippen LogP contribution in [0.4, 0.5) is 4.39 Å². The van der Waals surface area contributed by atoms with Crippen molar-refractivity contribution in [3.8, 4) is 0 Å². The molecule has 8 nitrogen and oxygen atoms in total. The van der Waals surface area contributed by atoms with Crippen LogP contribution in [0.3, 0.4) is 0 Å². The van der Waals surface area contributed by atoms with Gasteiger partial charge in [-0.3, -0.25) is 19.5 Å². The number of fused-ring (bicyclic) bond motifs is 1. The summed E-state index contributed by atoms with van der Waals surface area (Å²) in [6.45, 7) is 1.06. The molecule has 2 aromatic heterocycles. The maximum Gasteiger partial charge on any atom is 0.322 e. The second-order valence-corrected chi connectivity index (χ2v) is 6.68. The van der Waals surface area contributed by atoms with Gasteiger partial charge in [0, 0.05) is 11.8 Å². The number of carbonyl (C=O) groups is 2. The number of H-pyrrole nitrogens is 1. The van der Waals surface area contributed by atoms with Gasteiger partial charge in [0.1, 0.15) is 29.3 Å². The number of aromatic nitrogens is 3. The number of aryl methyl sites for hydroxylation is 1. The third kappa shape index (κ3) is 3.85. The van der Waals surface area contributed by atoms with Crippen LogP contribution in [-0.2, 0) is 10.5 Å². The number of benzene rings is 1. The summed E-state index contributed by atoms with van der Waals surface area (Å²) >= 11 is 1.21. The molecule has 0 atom stereocenters. The Labute approximate surface area is 156 Å². The zero-order chi connectivity index (χ0) is 19.6. The lowest BCUT2D eigenvalue weighted by Gasteiger charge is -2.09. The number of amides is 1. The Hall–Kier alpha value is -3.14. The molecule has 0 aliphatic heterocycles. The predicted octanol–water partition coefficient (Wildman–Crippen LogP) is 1.58. The van der Waals surface area contributed by atoms with Crippen molar-refractivity contribution < 1.29 is 19.1 Å². The number of carbonyl (C=O) groups excluding carboxylic acids is 1. The molecule has 0 aliphatic rings. The molecular weight excluding hydrogens is 375 g/mol. The highest BCUT2D eigenvalue weighted by molar-refractivity contribution is 7.98. The molecule has 3 aromatic rings. The van der Waals surface area contributed by atoms with E-state index >= 15 is 0 Å². The van der Waals surface area contributed by atoms with Gasteiger partial charge in [-0.2, -0.15) is 0 Å². The van der Waals surface area contributed by atoms with Crippen LogP contribution in [0.15, 0.2) is 40.4 Å². The van der Waals surface area contributed by atoms with Crippen LogP contribution in [0.5, 0.6) is 0 Å². The van der Waals surface area contributed by atoms with E-state index in [4.69, 9.17) is 5.11 Å². The maximum absolute atomic E-state index is 14.2. The molecule has 10 heteroatoms. The van der Waals surface area contributed by atoms with Crippen LogP contribution in [0.25, 0.3) is 5.65 Å². The quantitative estimate of drug-likeness (QED) is 0.550. The Morgan fingerprint density at radius 3 is 2.93 bits per heavy atom. The van der Waals surface area contributed by atoms with E-state index in [1.54, 1.807) is 25.1 Å². The molecule has 0 aliphatic carbocycles. The first-order valence-corrected chi connectivity index (χ1v) is 8.83. The number of hydrogen-bond acceptors (Lipinski definition) is 5. The number of nitrogens with zero attached hydrogens (tertiary/aromatic N) is 2. The lowest BCUT2D eigenvalue weighted by atomic mass is 10.1. The summed E-state index contributed by atoms with van der Waals surface area (Å²) in [5.74, 6) is -2.08. The molecule has 0 fully saturated rings. The zero-order valence-electron chi connectivity index (χ0n) is 14.2. The third-order valence-corrected chi connectivity index (χ3v) is 4.86. The molecule has 0 bridgehead atoms. The Balaban J connectivity index is 1.92. The summed E-state index contributed by atoms with van der Waals surface area (Å²) in [5, 5.41) is 14.1. The van der Waals surface area contributed by atoms with Crippen LogP contribution >= 0.6 is 11.8 Å². The molecular formula is C17H15FN4O4S. The minimum Gasteiger partial charge on any atom is -0.480 e. The van der Waals surface area contributed by atoms with E-state index in [-0.39, 0.29) is 22.8 Å². The van der Waals surface area contributed by atoms with E-state index < -0.39 is 23.9 Å². The van der Waals surface area contributed by atoms with E-state index in [9.17, 15) is 18.8 Å². The van der Waals surface area contributed by atoms with Gasteiger partial charge in [0.25, 0.3) is 5.91 Å². The molecule has 0 saturated heterocycles. The number of pyridine rings is 1. The van der Waals surface area contributed by atoms with E-state index in [0.29, 0.717) is 16.2 Å². The highest BCUT2D eigenvalue weighted by atomic mass is 32.2. The Morgan fingerprint density at radius 1 is 1.41 bits per heavy atom. The van der Waals surface area contributed by atoms with E-state index in [1.165, 1.54) is 28.7 Å². The average Bonchev–Trinajstić information content (AvgIpc) is 3.10. The third-order valence-electron chi connectivity index (χ3n) is 3.80. The zero-order valence-corrected chi connectivity index (χ0v) is 15.0. The molecule has 3 N–H and O–H groups in total. The summed E-state index contributed by atoms with van der Waals surface area (Å²) < 4.78 is 15.6. The fraction of sp³-hybridized carbons (Fsp3) is 0.176. The molecule has 0 saturated carbocycles. The van der Waals surface area contributed by atoms with Gasteiger partial charge in [0.2, 0.25) is 0 Å². The smallest absolute Gasteiger partial charge is 0.322 e. The molecule has 1 aromatic carbocycles. The second kappa shape index (κ2) is 7.62. The number of hydrogen-bond donors (Lipinski definition) is 3. The van der Waals surface area contributed by atoms with E-state index in [2.05, 4.69) is 15.4 Å². The minimum atomic E-state index is -1.23. The van der Waals surface area contributed by atoms with Crippen molar-refractivity contribution >= 4 is 29.3 Å². The largest absolute Gasteiger partial charge is 0.480 e. The molecule has 140 valence electrons. The Bertz CT molecular complexity index is 1090. The number of carboxylic acids is 1. The molecule has 0 unspecified atom stereocenters. The summed E-state index contributed by atoms with van der Waals surface area (Å²) in [4.78, 5) is 39.2. The molecule has 0 spiro atoms. The minimum absolute atomic E-state index is 0.0672. The summed E-state index contributed by atoms with van der Waals surface area (Å²) in [7, 11) is 0. The van der Waals surface area contributed by atoms with Gasteiger partial charge in [-0.1, -0.05) is 18.2 Å². The standard InChI is InChI=1S/C17H15FN4O4S/c1-9-3-2-4-10(15(9)18)7-27-12-5-11(23)14(16-20-8-21-22(12)16)17(26)19-6-13(24)25/h2-5,8H,6-7H2,1H3,(H,19,26)(H,20,21)(H,24,25). The highest BCUT2D eigenvalue weighted by Gasteiger charge is 2.20. The van der Waals surface area contributed by atoms with Crippen molar-refractivity contribution in [3.05, 3.63) is 63.3 Å². The second-order valence-electron chi connectivity index (χ2n) is 5.68. The highest BCUT2D eigenvalue weighted by Crippen LogP contribution is 2.25. The predicted molar refractivity (Wildman–Crippen MR) is 96.5 cm³/mol. The average molecular weight is 390 g/mol. The van der Waals surface area contributed by atoms with Gasteiger partial charge >= 0.3 is 5.97 Å². The lowest BCUT2D eigenvalue weighted by molar-refractivity contribution is -0.135. The number of carboxylic acid groups (broad SMARTS) is 1. The molecule has 2 heterocycles. The monoisotopic (exact) mass is 390 g/mol. The number of rotatable bonds is 6. The number of halogens is 1. The normalized spacial score (nSPS) is 10.9. The molecule has 3 rings (SSSR count). The summed E-state index contributed by atoms with van der Waals surface area (Å²) in [5.41, 5.74) is 0.227. The molecule has 0 radical (unpaired) electrons.